The first-order valence-electron chi connectivity index (χ1n) is 11.3. The number of rotatable bonds is 5. The van der Waals surface area contributed by atoms with Gasteiger partial charge in [-0.05, 0) is 63.6 Å². The standard InChI is InChI=1S/C28H25ClFN3O3/c1-15-6-9-18-14-17(8-13-22(18)31-15)7-10-19-20(29)11-12-21(30)23(19)24-25(28(3,4)27(35)36)16(2)32-33(5)26(24)34/h6-14H,1-5H3,(H,35,36)/b10-7+. The minimum Gasteiger partial charge on any atom is -0.481 e. The molecule has 1 N–H and O–H groups in total. The van der Waals surface area contributed by atoms with Crippen molar-refractivity contribution in [3.8, 4) is 11.1 Å². The molecule has 0 bridgehead atoms. The molecule has 2 aromatic carbocycles. The number of aromatic nitrogens is 3. The maximum absolute atomic E-state index is 15.5. The molecule has 36 heavy (non-hydrogen) atoms. The second kappa shape index (κ2) is 9.32. The van der Waals surface area contributed by atoms with Crippen LogP contribution in [0.4, 0.5) is 4.39 Å². The van der Waals surface area contributed by atoms with Crippen LogP contribution in [0, 0.1) is 19.7 Å². The summed E-state index contributed by atoms with van der Waals surface area (Å²) < 4.78 is 16.6. The first-order valence-corrected chi connectivity index (χ1v) is 11.6. The van der Waals surface area contributed by atoms with E-state index in [-0.39, 0.29) is 27.3 Å². The lowest BCUT2D eigenvalue weighted by Gasteiger charge is -2.26. The molecule has 2 heterocycles. The maximum Gasteiger partial charge on any atom is 0.313 e. The topological polar surface area (TPSA) is 85.1 Å². The van der Waals surface area contributed by atoms with Crippen LogP contribution in [0.25, 0.3) is 34.2 Å². The lowest BCUT2D eigenvalue weighted by molar-refractivity contribution is -0.142. The van der Waals surface area contributed by atoms with Crippen LogP contribution < -0.4 is 5.56 Å². The number of aryl methyl sites for hydroxylation is 3. The molecule has 0 saturated carbocycles. The van der Waals surface area contributed by atoms with Gasteiger partial charge in [-0.15, -0.1) is 0 Å². The molecule has 0 amide bonds. The second-order valence-electron chi connectivity index (χ2n) is 9.25. The number of carboxylic acids is 1. The number of pyridine rings is 1. The van der Waals surface area contributed by atoms with Gasteiger partial charge in [0.15, 0.2) is 0 Å². The zero-order valence-corrected chi connectivity index (χ0v) is 21.3. The monoisotopic (exact) mass is 505 g/mol. The van der Waals surface area contributed by atoms with Gasteiger partial charge in [-0.1, -0.05) is 35.9 Å². The van der Waals surface area contributed by atoms with E-state index in [1.165, 1.54) is 33.0 Å². The summed E-state index contributed by atoms with van der Waals surface area (Å²) in [5.41, 5.74) is 1.04. The van der Waals surface area contributed by atoms with Crippen LogP contribution in [0.3, 0.4) is 0 Å². The molecular formula is C28H25ClFN3O3. The fourth-order valence-corrected chi connectivity index (χ4v) is 4.61. The van der Waals surface area contributed by atoms with E-state index in [0.29, 0.717) is 5.69 Å². The zero-order chi connectivity index (χ0) is 26.4. The van der Waals surface area contributed by atoms with Crippen molar-refractivity contribution in [2.45, 2.75) is 33.1 Å². The summed E-state index contributed by atoms with van der Waals surface area (Å²) in [5, 5.41) is 15.3. The van der Waals surface area contributed by atoms with E-state index < -0.39 is 22.8 Å². The van der Waals surface area contributed by atoms with E-state index in [1.54, 1.807) is 19.1 Å². The van der Waals surface area contributed by atoms with Crippen LogP contribution in [0.5, 0.6) is 0 Å². The van der Waals surface area contributed by atoms with Gasteiger partial charge in [0.2, 0.25) is 0 Å². The molecule has 0 radical (unpaired) electrons. The van der Waals surface area contributed by atoms with Crippen molar-refractivity contribution in [1.82, 2.24) is 14.8 Å². The van der Waals surface area contributed by atoms with E-state index in [0.717, 1.165) is 26.8 Å². The van der Waals surface area contributed by atoms with Crippen molar-refractivity contribution < 1.29 is 14.3 Å². The number of fused-ring (bicyclic) bond motifs is 1. The Morgan fingerprint density at radius 2 is 1.81 bits per heavy atom. The molecule has 4 rings (SSSR count). The highest BCUT2D eigenvalue weighted by Crippen LogP contribution is 2.38. The predicted octanol–water partition coefficient (Wildman–Crippen LogP) is 5.94. The van der Waals surface area contributed by atoms with Gasteiger partial charge >= 0.3 is 5.97 Å². The lowest BCUT2D eigenvalue weighted by Crippen LogP contribution is -2.35. The minimum atomic E-state index is -1.51. The van der Waals surface area contributed by atoms with Gasteiger partial charge in [-0.25, -0.2) is 9.07 Å². The number of nitrogens with zero attached hydrogens (tertiary/aromatic N) is 3. The van der Waals surface area contributed by atoms with Crippen LogP contribution in [-0.4, -0.2) is 25.8 Å². The quantitative estimate of drug-likeness (QED) is 0.339. The molecule has 184 valence electrons. The molecule has 6 nitrogen and oxygen atoms in total. The van der Waals surface area contributed by atoms with Crippen molar-refractivity contribution in [2.75, 3.05) is 0 Å². The van der Waals surface area contributed by atoms with Gasteiger partial charge in [-0.3, -0.25) is 14.6 Å². The Morgan fingerprint density at radius 3 is 2.50 bits per heavy atom. The van der Waals surface area contributed by atoms with Gasteiger partial charge < -0.3 is 5.11 Å². The Kier molecular flexibility index (Phi) is 6.54. The summed E-state index contributed by atoms with van der Waals surface area (Å²) in [6.45, 7) is 6.45. The van der Waals surface area contributed by atoms with Gasteiger partial charge in [0.05, 0.1) is 22.2 Å². The van der Waals surface area contributed by atoms with E-state index >= 15 is 4.39 Å². The molecule has 0 aliphatic rings. The Balaban J connectivity index is 1.98. The molecule has 0 fully saturated rings. The molecule has 0 spiro atoms. The molecule has 0 aliphatic carbocycles. The van der Waals surface area contributed by atoms with Crippen molar-refractivity contribution in [3.05, 3.63) is 91.7 Å². The average Bonchev–Trinajstić information content (AvgIpc) is 2.81. The first-order chi connectivity index (χ1) is 16.9. The largest absolute Gasteiger partial charge is 0.481 e. The number of hydrogen-bond donors (Lipinski definition) is 1. The van der Waals surface area contributed by atoms with E-state index in [1.807, 2.05) is 37.3 Å². The molecule has 0 atom stereocenters. The number of carboxylic acid groups (broad SMARTS) is 1. The Morgan fingerprint density at radius 1 is 1.08 bits per heavy atom. The molecule has 4 aromatic rings. The Bertz CT molecular complexity index is 1620. The fourth-order valence-electron chi connectivity index (χ4n) is 4.39. The first kappa shape index (κ1) is 25.3. The molecule has 2 aromatic heterocycles. The number of halogens is 2. The van der Waals surface area contributed by atoms with Crippen molar-refractivity contribution >= 4 is 40.6 Å². The SMILES string of the molecule is Cc1ccc2cc(/C=C/c3c(Cl)ccc(F)c3-c3c(C(C)(C)C(=O)O)c(C)nn(C)c3=O)ccc2n1. The van der Waals surface area contributed by atoms with E-state index in [9.17, 15) is 14.7 Å². The van der Waals surface area contributed by atoms with Gasteiger partial charge in [0.25, 0.3) is 5.56 Å². The minimum absolute atomic E-state index is 0.0627. The number of benzene rings is 2. The van der Waals surface area contributed by atoms with Crippen molar-refractivity contribution in [1.29, 1.82) is 0 Å². The second-order valence-corrected chi connectivity index (χ2v) is 9.66. The smallest absolute Gasteiger partial charge is 0.313 e. The van der Waals surface area contributed by atoms with E-state index in [2.05, 4.69) is 10.1 Å². The van der Waals surface area contributed by atoms with Crippen LogP contribution >= 0.6 is 11.6 Å². The summed E-state index contributed by atoms with van der Waals surface area (Å²) in [5.74, 6) is -1.86. The summed E-state index contributed by atoms with van der Waals surface area (Å²) in [6.07, 6.45) is 3.40. The van der Waals surface area contributed by atoms with Gasteiger partial charge in [0, 0.05) is 39.8 Å². The van der Waals surface area contributed by atoms with Crippen molar-refractivity contribution in [3.63, 3.8) is 0 Å². The highest BCUT2D eigenvalue weighted by Gasteiger charge is 2.37. The highest BCUT2D eigenvalue weighted by atomic mass is 35.5. The lowest BCUT2D eigenvalue weighted by atomic mass is 9.79. The third kappa shape index (κ3) is 4.42. The molecule has 0 aliphatic heterocycles. The summed E-state index contributed by atoms with van der Waals surface area (Å²) >= 11 is 6.52. The van der Waals surface area contributed by atoms with Gasteiger partial charge in [-0.2, -0.15) is 5.10 Å². The molecule has 0 unspecified atom stereocenters. The number of carbonyl (C=O) groups is 1. The fraction of sp³-hybridized carbons (Fsp3) is 0.214. The van der Waals surface area contributed by atoms with Crippen molar-refractivity contribution in [2.24, 2.45) is 7.05 Å². The van der Waals surface area contributed by atoms with Gasteiger partial charge in [0.1, 0.15) is 5.82 Å². The summed E-state index contributed by atoms with van der Waals surface area (Å²) in [4.78, 5) is 30.0. The van der Waals surface area contributed by atoms with E-state index in [4.69, 9.17) is 11.6 Å². The zero-order valence-electron chi connectivity index (χ0n) is 20.6. The molecule has 8 heteroatoms. The van der Waals surface area contributed by atoms with Crippen LogP contribution in [0.2, 0.25) is 5.02 Å². The highest BCUT2D eigenvalue weighted by molar-refractivity contribution is 6.32. The summed E-state index contributed by atoms with van der Waals surface area (Å²) in [7, 11) is 1.44. The molecule has 0 saturated heterocycles. The number of aliphatic carboxylic acids is 1. The Hall–Kier alpha value is -3.84. The summed E-state index contributed by atoms with van der Waals surface area (Å²) in [6, 6.07) is 12.2. The maximum atomic E-state index is 15.5. The molecular weight excluding hydrogens is 481 g/mol. The Labute approximate surface area is 212 Å². The van der Waals surface area contributed by atoms with Crippen LogP contribution in [-0.2, 0) is 17.3 Å². The predicted molar refractivity (Wildman–Crippen MR) is 141 cm³/mol. The number of hydrogen-bond acceptors (Lipinski definition) is 4. The average molecular weight is 506 g/mol. The third-order valence-corrected chi connectivity index (χ3v) is 6.60. The third-order valence-electron chi connectivity index (χ3n) is 6.27. The van der Waals surface area contributed by atoms with Crippen LogP contribution in [0.1, 0.15) is 41.9 Å². The van der Waals surface area contributed by atoms with Crippen LogP contribution in [0.15, 0.2) is 47.3 Å². The normalized spacial score (nSPS) is 12.0.